The Morgan fingerprint density at radius 1 is 0.380 bits per heavy atom. The summed E-state index contributed by atoms with van der Waals surface area (Å²) >= 11 is 0.194. The first-order valence-corrected chi connectivity index (χ1v) is 21.5. The molecule has 7 rings (SSSR count). The second-order valence-corrected chi connectivity index (χ2v) is 17.2. The van der Waals surface area contributed by atoms with Crippen LogP contribution in [0.5, 0.6) is 0 Å². The van der Waals surface area contributed by atoms with Crippen LogP contribution in [0.4, 0.5) is 11.4 Å². The Balaban J connectivity index is 0.00000139. The van der Waals surface area contributed by atoms with Gasteiger partial charge in [0.05, 0.1) is 11.4 Å². The fourth-order valence-electron chi connectivity index (χ4n) is 5.40. The summed E-state index contributed by atoms with van der Waals surface area (Å²) in [5.41, 5.74) is 3.40. The van der Waals surface area contributed by atoms with Crippen molar-refractivity contribution < 1.29 is 13.1 Å². The number of aliphatic imine (C=N–C) groups is 2. The summed E-state index contributed by atoms with van der Waals surface area (Å²) in [6.45, 7) is 0. The van der Waals surface area contributed by atoms with E-state index in [2.05, 4.69) is 170 Å². The second-order valence-electron chi connectivity index (χ2n) is 10.9. The summed E-state index contributed by atoms with van der Waals surface area (Å²) in [4.78, 5) is 14.1. The van der Waals surface area contributed by atoms with Crippen LogP contribution >= 0.6 is 36.0 Å². The summed E-state index contributed by atoms with van der Waals surface area (Å²) < 4.78 is 0. The van der Waals surface area contributed by atoms with Crippen molar-refractivity contribution in [2.75, 3.05) is 0 Å². The van der Waals surface area contributed by atoms with Gasteiger partial charge in [-0.3, -0.25) is 9.98 Å². The van der Waals surface area contributed by atoms with Gasteiger partial charge >= 0.3 is 33.3 Å². The zero-order chi connectivity index (χ0) is 34.4. The number of rotatable bonds is 10. The molecular formula is C42H32Cl2FeN3P2. The third-order valence-corrected chi connectivity index (χ3v) is 12.5. The Morgan fingerprint density at radius 2 is 0.640 bits per heavy atom. The fourth-order valence-corrected chi connectivity index (χ4v) is 9.96. The van der Waals surface area contributed by atoms with Gasteiger partial charge in [0.15, 0.2) is 0 Å². The molecule has 0 unspecified atom stereocenters. The molecule has 0 spiro atoms. The van der Waals surface area contributed by atoms with Crippen LogP contribution in [0.1, 0.15) is 11.4 Å². The number of benzene rings is 6. The monoisotopic (exact) mass is 766 g/mol. The van der Waals surface area contributed by atoms with Gasteiger partial charge in [-0.25, -0.2) is 0 Å². The minimum absolute atomic E-state index is 0.194. The molecule has 0 amide bonds. The first-order valence-electron chi connectivity index (χ1n) is 15.8. The Morgan fingerprint density at radius 3 is 0.920 bits per heavy atom. The van der Waals surface area contributed by atoms with E-state index in [-0.39, 0.29) is 13.1 Å². The average molecular weight is 767 g/mol. The quantitative estimate of drug-likeness (QED) is 0.0779. The molecule has 0 saturated heterocycles. The topological polar surface area (TPSA) is 38.8 Å². The number of aromatic nitrogens is 1. The third kappa shape index (κ3) is 9.78. The van der Waals surface area contributed by atoms with Crippen LogP contribution in [0.2, 0.25) is 0 Å². The zero-order valence-corrected chi connectivity index (χ0v) is 31.2. The van der Waals surface area contributed by atoms with Crippen LogP contribution in [-0.2, 0) is 13.1 Å². The maximum atomic E-state index is 4.76. The van der Waals surface area contributed by atoms with E-state index in [0.29, 0.717) is 0 Å². The molecule has 0 radical (unpaired) electrons. The normalized spacial score (nSPS) is 11.3. The van der Waals surface area contributed by atoms with Crippen LogP contribution in [0.3, 0.4) is 0 Å². The second kappa shape index (κ2) is 18.8. The molecule has 1 aromatic heterocycles. The summed E-state index contributed by atoms with van der Waals surface area (Å²) in [5, 5.41) is 7.93. The van der Waals surface area contributed by atoms with Crippen molar-refractivity contribution in [3.8, 4) is 0 Å². The predicted octanol–water partition coefficient (Wildman–Crippen LogP) is 9.04. The van der Waals surface area contributed by atoms with E-state index in [0.717, 1.165) is 22.8 Å². The van der Waals surface area contributed by atoms with Crippen LogP contribution in [-0.4, -0.2) is 12.4 Å². The predicted molar refractivity (Wildman–Crippen MR) is 216 cm³/mol. The van der Waals surface area contributed by atoms with E-state index >= 15 is 0 Å². The molecule has 8 heteroatoms. The number of hydrogen-bond donors (Lipinski definition) is 0. The molecule has 3 nitrogen and oxygen atoms in total. The minimum atomic E-state index is -0.637. The summed E-state index contributed by atoms with van der Waals surface area (Å²) in [6.07, 6.45) is 3.63. The van der Waals surface area contributed by atoms with E-state index in [1.165, 1.54) is 31.8 Å². The SMILES string of the molecule is C(=Nc1ccc(P(c2ccccc2)c2ccccc2)cc1)c1ccc(C=Nc2ccc(P(c3ccccc3)c3ccccc3)cc2)[n-]1.[Cl][Fe+][Cl]. The average Bonchev–Trinajstić information content (AvgIpc) is 3.64. The van der Waals surface area contributed by atoms with E-state index in [9.17, 15) is 0 Å². The van der Waals surface area contributed by atoms with Crippen LogP contribution in [0.25, 0.3) is 0 Å². The molecular weight excluding hydrogens is 735 g/mol. The summed E-state index contributed by atoms with van der Waals surface area (Å²) in [6, 6.07) is 64.0. The Bertz CT molecular complexity index is 1860. The molecule has 247 valence electrons. The van der Waals surface area contributed by atoms with Gasteiger partial charge in [-0.15, -0.1) is 11.4 Å². The van der Waals surface area contributed by atoms with Gasteiger partial charge in [-0.2, -0.15) is 0 Å². The molecule has 0 atom stereocenters. The van der Waals surface area contributed by atoms with Gasteiger partial charge < -0.3 is 4.98 Å². The van der Waals surface area contributed by atoms with Crippen molar-refractivity contribution in [3.63, 3.8) is 0 Å². The molecule has 7 aromatic rings. The van der Waals surface area contributed by atoms with Crippen molar-refractivity contribution in [1.82, 2.24) is 4.98 Å². The summed E-state index contributed by atoms with van der Waals surface area (Å²) in [7, 11) is 8.25. The molecule has 0 aliphatic carbocycles. The van der Waals surface area contributed by atoms with Crippen LogP contribution < -0.4 is 36.8 Å². The van der Waals surface area contributed by atoms with Crippen LogP contribution in [0.15, 0.2) is 192 Å². The van der Waals surface area contributed by atoms with Crippen molar-refractivity contribution in [2.45, 2.75) is 0 Å². The first kappa shape index (κ1) is 35.7. The molecule has 0 aliphatic heterocycles. The molecule has 6 aromatic carbocycles. The standard InChI is InChI=1S/C42H32N3P2.2ClH.Fe/c1-5-13-37(14-6-1)46(38-15-7-2-8-16-38)41-27-23-33(24-28-41)43-31-35-21-22-36(45-35)32-44-34-25-29-42(30-26-34)47(39-17-9-3-10-18-39)40-19-11-4-12-20-40;;;/h1-32H;2*1H;/q-1;;;+3/p-2. The van der Waals surface area contributed by atoms with Gasteiger partial charge in [0.2, 0.25) is 0 Å². The number of nitrogens with zero attached hydrogens (tertiary/aromatic N) is 3. The first-order chi connectivity index (χ1) is 24.7. The van der Waals surface area contributed by atoms with Gasteiger partial charge in [-0.1, -0.05) is 158 Å². The van der Waals surface area contributed by atoms with Gasteiger partial charge in [-0.05, 0) is 71.9 Å². The zero-order valence-electron chi connectivity index (χ0n) is 26.8. The van der Waals surface area contributed by atoms with E-state index in [4.69, 9.17) is 35.2 Å². The van der Waals surface area contributed by atoms with Gasteiger partial charge in [0.25, 0.3) is 0 Å². The van der Waals surface area contributed by atoms with Crippen molar-refractivity contribution in [2.24, 2.45) is 9.98 Å². The van der Waals surface area contributed by atoms with Crippen molar-refractivity contribution in [1.29, 1.82) is 0 Å². The molecule has 0 saturated carbocycles. The molecule has 0 bridgehead atoms. The maximum absolute atomic E-state index is 4.76. The number of hydrogen-bond acceptors (Lipinski definition) is 2. The van der Waals surface area contributed by atoms with Crippen LogP contribution in [0, 0.1) is 0 Å². The van der Waals surface area contributed by atoms with Crippen molar-refractivity contribution >= 4 is 91.7 Å². The molecule has 1 heterocycles. The Hall–Kier alpha value is -4.10. The van der Waals surface area contributed by atoms with E-state index in [1.807, 2.05) is 24.6 Å². The van der Waals surface area contributed by atoms with E-state index in [1.54, 1.807) is 0 Å². The fraction of sp³-hybridized carbons (Fsp3) is 0. The van der Waals surface area contributed by atoms with E-state index < -0.39 is 15.8 Å². The Kier molecular flexibility index (Phi) is 13.4. The number of halogens is 2. The summed E-state index contributed by atoms with van der Waals surface area (Å²) in [5.74, 6) is 0. The molecule has 0 aliphatic rings. The molecule has 0 N–H and O–H groups in total. The molecule has 50 heavy (non-hydrogen) atoms. The van der Waals surface area contributed by atoms with Gasteiger partial charge in [0, 0.05) is 12.4 Å². The van der Waals surface area contributed by atoms with Crippen molar-refractivity contribution in [3.05, 3.63) is 193 Å². The Labute approximate surface area is 311 Å². The van der Waals surface area contributed by atoms with Gasteiger partial charge in [0.1, 0.15) is 0 Å². The third-order valence-electron chi connectivity index (χ3n) is 7.65. The molecule has 0 fully saturated rings.